The maximum absolute atomic E-state index is 10.6. The van der Waals surface area contributed by atoms with E-state index in [1.54, 1.807) is 6.92 Å². The van der Waals surface area contributed by atoms with E-state index in [2.05, 4.69) is 5.38 Å². The summed E-state index contributed by atoms with van der Waals surface area (Å²) < 4.78 is 11.7. The predicted octanol–water partition coefficient (Wildman–Crippen LogP) is 1.98. The zero-order valence-electron chi connectivity index (χ0n) is 13.5. The van der Waals surface area contributed by atoms with E-state index in [1.807, 2.05) is 24.3 Å². The van der Waals surface area contributed by atoms with Gasteiger partial charge in [-0.3, -0.25) is 0 Å². The van der Waals surface area contributed by atoms with Gasteiger partial charge in [-0.15, -0.1) is 11.3 Å². The van der Waals surface area contributed by atoms with Crippen LogP contribution in [0.4, 0.5) is 0 Å². The van der Waals surface area contributed by atoms with E-state index in [4.69, 9.17) is 21.1 Å². The fourth-order valence-electron chi connectivity index (χ4n) is 3.50. The van der Waals surface area contributed by atoms with Gasteiger partial charge in [0.2, 0.25) is 5.79 Å². The van der Waals surface area contributed by atoms with Gasteiger partial charge in [0.15, 0.2) is 0 Å². The van der Waals surface area contributed by atoms with Crippen LogP contribution in [0.2, 0.25) is 5.02 Å². The Hall–Kier alpha value is -0.990. The minimum Gasteiger partial charge on any atom is -0.388 e. The van der Waals surface area contributed by atoms with Gasteiger partial charge in [0.25, 0.3) is 0 Å². The van der Waals surface area contributed by atoms with Crippen molar-refractivity contribution in [2.24, 2.45) is 0 Å². The van der Waals surface area contributed by atoms with Crippen molar-refractivity contribution in [3.63, 3.8) is 0 Å². The van der Waals surface area contributed by atoms with Gasteiger partial charge in [-0.2, -0.15) is 0 Å². The summed E-state index contributed by atoms with van der Waals surface area (Å²) >= 11 is 7.94. The summed E-state index contributed by atoms with van der Waals surface area (Å²) in [6, 6.07) is 7.52. The number of hydrogen-bond donors (Lipinski definition) is 3. The number of hydrogen-bond acceptors (Lipinski definition) is 6. The fraction of sp³-hybridized carbons (Fsp3) is 0.444. The molecule has 2 aliphatic heterocycles. The fourth-order valence-corrected chi connectivity index (χ4v) is 4.41. The zero-order valence-corrected chi connectivity index (χ0v) is 15.0. The van der Waals surface area contributed by atoms with Gasteiger partial charge in [0.1, 0.15) is 18.3 Å². The van der Waals surface area contributed by atoms with Gasteiger partial charge < -0.3 is 24.8 Å². The number of thiophene rings is 1. The van der Waals surface area contributed by atoms with Crippen LogP contribution >= 0.6 is 22.9 Å². The topological polar surface area (TPSA) is 79.2 Å². The van der Waals surface area contributed by atoms with E-state index in [0.29, 0.717) is 17.0 Å². The monoisotopic (exact) mass is 381 g/mol. The second kappa shape index (κ2) is 6.32. The highest BCUT2D eigenvalue weighted by Gasteiger charge is 2.57. The third-order valence-corrected chi connectivity index (χ3v) is 6.03. The minimum atomic E-state index is -1.49. The maximum atomic E-state index is 10.6. The zero-order chi connectivity index (χ0) is 17.8. The van der Waals surface area contributed by atoms with E-state index >= 15 is 0 Å². The lowest BCUT2D eigenvalue weighted by atomic mass is 9.87. The molecule has 0 saturated carbocycles. The van der Waals surface area contributed by atoms with Gasteiger partial charge in [0.05, 0.1) is 12.7 Å². The summed E-state index contributed by atoms with van der Waals surface area (Å²) in [7, 11) is 0. The highest BCUT2D eigenvalue weighted by molar-refractivity contribution is 7.09. The molecule has 1 spiro atoms. The lowest BCUT2D eigenvalue weighted by molar-refractivity contribution is -0.362. The molecule has 133 valence electrons. The Morgan fingerprint density at radius 3 is 2.84 bits per heavy atom. The van der Waals surface area contributed by atoms with Crippen molar-refractivity contribution in [1.29, 1.82) is 0 Å². The molecule has 5 nitrogen and oxygen atoms in total. The number of aliphatic hydroxyl groups is 3. The predicted molar refractivity (Wildman–Crippen MR) is 92.4 cm³/mol. The number of aliphatic hydroxyl groups excluding tert-OH is 3. The molecule has 3 heterocycles. The van der Waals surface area contributed by atoms with Gasteiger partial charge >= 0.3 is 0 Å². The largest absolute Gasteiger partial charge is 0.388 e. The quantitative estimate of drug-likeness (QED) is 0.741. The van der Waals surface area contributed by atoms with Crippen LogP contribution in [0.5, 0.6) is 0 Å². The van der Waals surface area contributed by atoms with E-state index in [1.165, 1.54) is 11.3 Å². The van der Waals surface area contributed by atoms with Crippen molar-refractivity contribution in [2.45, 2.75) is 50.2 Å². The normalized spacial score (nSPS) is 34.4. The first kappa shape index (κ1) is 17.4. The molecule has 7 heteroatoms. The third-order valence-electron chi connectivity index (χ3n) is 4.89. The molecule has 5 atom stereocenters. The molecule has 0 aliphatic carbocycles. The van der Waals surface area contributed by atoms with Gasteiger partial charge in [-0.1, -0.05) is 11.6 Å². The van der Waals surface area contributed by atoms with Crippen LogP contribution in [0.1, 0.15) is 28.5 Å². The Morgan fingerprint density at radius 2 is 2.12 bits per heavy atom. The molecule has 1 aromatic carbocycles. The molecule has 1 radical (unpaired) electrons. The van der Waals surface area contributed by atoms with Crippen molar-refractivity contribution < 1.29 is 24.8 Å². The molecule has 0 unspecified atom stereocenters. The van der Waals surface area contributed by atoms with Crippen molar-refractivity contribution in [3.05, 3.63) is 56.2 Å². The highest BCUT2D eigenvalue weighted by atomic mass is 35.5. The number of fused-ring (bicyclic) bond motifs is 2. The Balaban J connectivity index is 1.76. The van der Waals surface area contributed by atoms with Crippen LogP contribution in [0, 0.1) is 5.38 Å². The van der Waals surface area contributed by atoms with E-state index < -0.39 is 30.2 Å². The minimum absolute atomic E-state index is 0.217. The van der Waals surface area contributed by atoms with Crippen molar-refractivity contribution >= 4 is 22.9 Å². The molecule has 0 amide bonds. The molecule has 3 N–H and O–H groups in total. The average Bonchev–Trinajstić information content (AvgIpc) is 3.21. The summed E-state index contributed by atoms with van der Waals surface area (Å²) in [6.07, 6.45) is -3.99. The number of benzene rings is 1. The second-order valence-corrected chi connectivity index (χ2v) is 7.87. The molecule has 2 aliphatic rings. The first-order chi connectivity index (χ1) is 11.9. The highest BCUT2D eigenvalue weighted by Crippen LogP contribution is 2.47. The van der Waals surface area contributed by atoms with Gasteiger partial charge in [-0.05, 0) is 42.3 Å². The van der Waals surface area contributed by atoms with Crippen LogP contribution in [-0.2, 0) is 28.3 Å². The van der Waals surface area contributed by atoms with E-state index in [9.17, 15) is 15.3 Å². The molecular formula is C18H18ClO5S. The molecule has 2 aromatic rings. The van der Waals surface area contributed by atoms with Crippen LogP contribution in [0.3, 0.4) is 0 Å². The van der Waals surface area contributed by atoms with Gasteiger partial charge in [0, 0.05) is 27.3 Å². The summed E-state index contributed by atoms with van der Waals surface area (Å²) in [4.78, 5) is 1.11. The lowest BCUT2D eigenvalue weighted by Crippen LogP contribution is -2.62. The van der Waals surface area contributed by atoms with Gasteiger partial charge in [-0.25, -0.2) is 0 Å². The smallest absolute Gasteiger partial charge is 0.225 e. The van der Waals surface area contributed by atoms with Crippen LogP contribution in [0.15, 0.2) is 24.3 Å². The molecule has 0 bridgehead atoms. The summed E-state index contributed by atoms with van der Waals surface area (Å²) in [5.41, 5.74) is 2.34. The molecule has 1 saturated heterocycles. The molecule has 1 fully saturated rings. The summed E-state index contributed by atoms with van der Waals surface area (Å²) in [5.74, 6) is -1.49. The summed E-state index contributed by atoms with van der Waals surface area (Å²) in [5, 5.41) is 34.4. The first-order valence-corrected chi connectivity index (χ1v) is 9.24. The SMILES string of the molecule is C[C@H]1O[C@]2(OCc3cc(Cl)c(Cc4cc[c]s4)cc32)[C@H](O)[C@@H](O)[C@@H]1O. The van der Waals surface area contributed by atoms with Crippen molar-refractivity contribution in [3.8, 4) is 0 Å². The van der Waals surface area contributed by atoms with Crippen molar-refractivity contribution in [2.75, 3.05) is 0 Å². The first-order valence-electron chi connectivity index (χ1n) is 8.05. The Labute approximate surface area is 154 Å². The van der Waals surface area contributed by atoms with Crippen LogP contribution in [-0.4, -0.2) is 39.7 Å². The molecule has 25 heavy (non-hydrogen) atoms. The van der Waals surface area contributed by atoms with Crippen molar-refractivity contribution in [1.82, 2.24) is 0 Å². The Morgan fingerprint density at radius 1 is 1.32 bits per heavy atom. The van der Waals surface area contributed by atoms with Crippen LogP contribution < -0.4 is 0 Å². The number of halogens is 1. The van der Waals surface area contributed by atoms with Crippen LogP contribution in [0.25, 0.3) is 0 Å². The molecular weight excluding hydrogens is 364 g/mol. The molecule has 4 rings (SSSR count). The Bertz CT molecular complexity index is 780. The number of ether oxygens (including phenoxy) is 2. The van der Waals surface area contributed by atoms with E-state index in [-0.39, 0.29) is 6.61 Å². The second-order valence-electron chi connectivity index (χ2n) is 6.50. The summed E-state index contributed by atoms with van der Waals surface area (Å²) in [6.45, 7) is 1.86. The maximum Gasteiger partial charge on any atom is 0.225 e. The molecule has 1 aromatic heterocycles. The number of rotatable bonds is 2. The lowest BCUT2D eigenvalue weighted by Gasteiger charge is -2.45. The third kappa shape index (κ3) is 2.73. The standard InChI is InChI=1S/C18H18ClO5S/c1-9-15(20)16(21)17(22)18(24-9)13-6-10(5-12-3-2-4-25-12)14(19)7-11(13)8-23-18/h2-3,6-7,9,15-17,20-22H,5,8H2,1H3/t9-,15-,16+,17-,18+/m1/s1. The Kier molecular flexibility index (Phi) is 4.40. The van der Waals surface area contributed by atoms with E-state index in [0.717, 1.165) is 16.0 Å². The average molecular weight is 382 g/mol.